The second kappa shape index (κ2) is 8.21. The van der Waals surface area contributed by atoms with E-state index in [2.05, 4.69) is 20.8 Å². The molecule has 0 unspecified atom stereocenters. The fourth-order valence-corrected chi connectivity index (χ4v) is 6.58. The maximum absolute atomic E-state index is 2.36. The molecule has 0 heterocycles. The van der Waals surface area contributed by atoms with E-state index in [0.717, 1.165) is 0 Å². The molecule has 0 saturated heterocycles. The third-order valence-corrected chi connectivity index (χ3v) is 13.2. The van der Waals surface area contributed by atoms with Crippen LogP contribution in [0.2, 0.25) is 11.9 Å². The van der Waals surface area contributed by atoms with Gasteiger partial charge in [0.2, 0.25) is 0 Å². The molecule has 0 fully saturated rings. The summed E-state index contributed by atoms with van der Waals surface area (Å²) in [6.07, 6.45) is 0. The predicted octanol–water partition coefficient (Wildman–Crippen LogP) is -0.455. The van der Waals surface area contributed by atoms with Gasteiger partial charge in [-0.3, -0.25) is 0 Å². The van der Waals surface area contributed by atoms with E-state index in [1.165, 1.54) is 0 Å². The number of hydrogen-bond donors (Lipinski definition) is 0. The molecule has 0 nitrogen and oxygen atoms in total. The Morgan fingerprint density at radius 3 is 1.12 bits per heavy atom. The van der Waals surface area contributed by atoms with Crippen LogP contribution in [-0.4, -0.2) is 22.7 Å². The largest absolute Gasteiger partial charge is 1.00 e. The van der Waals surface area contributed by atoms with Crippen LogP contribution in [0.4, 0.5) is 0 Å². The first kappa shape index (κ1) is 11.9. The topological polar surface area (TPSA) is 0 Å². The van der Waals surface area contributed by atoms with Gasteiger partial charge in [-0.15, -0.1) is 0 Å². The van der Waals surface area contributed by atoms with E-state index in [9.17, 15) is 0 Å². The second-order valence-corrected chi connectivity index (χ2v) is 15.9. The van der Waals surface area contributed by atoms with Gasteiger partial charge >= 0.3 is 55.4 Å². The Kier molecular flexibility index (Phi) is 12.3. The molecule has 0 aliphatic rings. The van der Waals surface area contributed by atoms with Gasteiger partial charge in [-0.1, -0.05) is 0 Å². The van der Waals surface area contributed by atoms with Gasteiger partial charge in [0.25, 0.3) is 0 Å². The van der Waals surface area contributed by atoms with Crippen LogP contribution in [0, 0.1) is 0 Å². The van der Waals surface area contributed by atoms with Crippen LogP contribution < -0.4 is 12.4 Å². The molecular weight excluding hydrogens is 315 g/mol. The SMILES string of the molecule is C[CH2][Pb]([CH2]C)[CH2]C.[Cl-]. The molecule has 0 bridgehead atoms. The summed E-state index contributed by atoms with van der Waals surface area (Å²) >= 11 is -0.789. The average molecular weight is 330 g/mol. The number of hydrogen-bond acceptors (Lipinski definition) is 0. The minimum absolute atomic E-state index is 0. The maximum atomic E-state index is 2.36. The first-order chi connectivity index (χ1) is 3.35. The van der Waals surface area contributed by atoms with Gasteiger partial charge in [-0.25, -0.2) is 0 Å². The molecule has 0 saturated carbocycles. The van der Waals surface area contributed by atoms with Crippen LogP contribution in [-0.2, 0) is 0 Å². The Morgan fingerprint density at radius 2 is 1.12 bits per heavy atom. The monoisotopic (exact) mass is 330 g/mol. The second-order valence-electron chi connectivity index (χ2n) is 1.81. The van der Waals surface area contributed by atoms with E-state index < -0.39 is 22.7 Å². The molecule has 0 spiro atoms. The molecule has 0 aromatic heterocycles. The van der Waals surface area contributed by atoms with Crippen molar-refractivity contribution in [3.63, 3.8) is 0 Å². The van der Waals surface area contributed by atoms with Crippen LogP contribution in [0.3, 0.4) is 0 Å². The van der Waals surface area contributed by atoms with Crippen LogP contribution in [0.25, 0.3) is 0 Å². The zero-order chi connectivity index (χ0) is 5.70. The van der Waals surface area contributed by atoms with E-state index in [0.29, 0.717) is 0 Å². The smallest absolute Gasteiger partial charge is 1.00 e. The van der Waals surface area contributed by atoms with Crippen LogP contribution in [0.15, 0.2) is 0 Å². The van der Waals surface area contributed by atoms with Crippen molar-refractivity contribution < 1.29 is 12.4 Å². The molecule has 0 aliphatic carbocycles. The van der Waals surface area contributed by atoms with Gasteiger partial charge < -0.3 is 12.4 Å². The van der Waals surface area contributed by atoms with E-state index >= 15 is 0 Å². The van der Waals surface area contributed by atoms with Crippen molar-refractivity contribution in [3.8, 4) is 0 Å². The third-order valence-electron chi connectivity index (χ3n) is 1.50. The summed E-state index contributed by atoms with van der Waals surface area (Å²) in [6, 6.07) is 0. The van der Waals surface area contributed by atoms with Crippen LogP contribution in [0.5, 0.6) is 0 Å². The molecule has 0 amide bonds. The summed E-state index contributed by atoms with van der Waals surface area (Å²) in [5, 5.41) is 0. The van der Waals surface area contributed by atoms with Crippen LogP contribution in [0.1, 0.15) is 20.8 Å². The van der Waals surface area contributed by atoms with Gasteiger partial charge in [-0.2, -0.15) is 0 Å². The van der Waals surface area contributed by atoms with Gasteiger partial charge in [0.1, 0.15) is 0 Å². The summed E-state index contributed by atoms with van der Waals surface area (Å²) in [6.45, 7) is 7.07. The molecule has 0 rings (SSSR count). The van der Waals surface area contributed by atoms with E-state index in [1.54, 1.807) is 11.9 Å². The summed E-state index contributed by atoms with van der Waals surface area (Å²) in [5.74, 6) is 0. The minimum Gasteiger partial charge on any atom is -1.00 e. The molecule has 8 heavy (non-hydrogen) atoms. The molecule has 51 valence electrons. The van der Waals surface area contributed by atoms with Crippen molar-refractivity contribution in [2.75, 3.05) is 0 Å². The number of halogens is 1. The molecule has 0 aromatic carbocycles. The minimum atomic E-state index is -0.789. The average Bonchev–Trinajstić information content (AvgIpc) is 1.72. The Balaban J connectivity index is 0. The summed E-state index contributed by atoms with van der Waals surface area (Å²) in [7, 11) is 0. The first-order valence-corrected chi connectivity index (χ1v) is 11.4. The van der Waals surface area contributed by atoms with Crippen molar-refractivity contribution in [3.05, 3.63) is 0 Å². The summed E-state index contributed by atoms with van der Waals surface area (Å²) in [4.78, 5) is 0. The van der Waals surface area contributed by atoms with Crippen molar-refractivity contribution >= 4 is 22.7 Å². The normalized spacial score (nSPS) is 9.00. The molecule has 2 heteroatoms. The molecule has 0 aliphatic heterocycles. The Morgan fingerprint density at radius 1 is 0.875 bits per heavy atom. The number of rotatable bonds is 3. The van der Waals surface area contributed by atoms with E-state index in [4.69, 9.17) is 0 Å². The Hall–Kier alpha value is 1.21. The van der Waals surface area contributed by atoms with Crippen molar-refractivity contribution in [1.29, 1.82) is 0 Å². The zero-order valence-corrected chi connectivity index (χ0v) is 10.6. The van der Waals surface area contributed by atoms with Crippen molar-refractivity contribution in [1.82, 2.24) is 0 Å². The fraction of sp³-hybridized carbons (Fsp3) is 1.00. The Labute approximate surface area is 67.6 Å². The third kappa shape index (κ3) is 5.35. The molecule has 0 aromatic rings. The maximum Gasteiger partial charge on any atom is -1.00 e. The zero-order valence-electron chi connectivity index (χ0n) is 6.00. The predicted molar refractivity (Wildman–Crippen MR) is 37.2 cm³/mol. The molecular formula is C6H15ClPb-. The Bertz CT molecular complexity index is 30.0. The van der Waals surface area contributed by atoms with E-state index in [-0.39, 0.29) is 12.4 Å². The standard InChI is InChI=1S/3C2H5.ClH.Pb/c3*1-2;;/h3*1H2,2H3;1H;/p-1. The molecule has 0 N–H and O–H groups in total. The van der Waals surface area contributed by atoms with Gasteiger partial charge in [0, 0.05) is 0 Å². The van der Waals surface area contributed by atoms with Crippen molar-refractivity contribution in [2.24, 2.45) is 0 Å². The molecule has 1 radical (unpaired) electrons. The van der Waals surface area contributed by atoms with Gasteiger partial charge in [-0.05, 0) is 0 Å². The van der Waals surface area contributed by atoms with Gasteiger partial charge in [0.15, 0.2) is 0 Å². The summed E-state index contributed by atoms with van der Waals surface area (Å²) in [5.41, 5.74) is 0. The van der Waals surface area contributed by atoms with Gasteiger partial charge in [0.05, 0.1) is 0 Å². The quantitative estimate of drug-likeness (QED) is 0.615. The molecule has 0 atom stereocenters. The van der Waals surface area contributed by atoms with Crippen molar-refractivity contribution in [2.45, 2.75) is 32.7 Å². The summed E-state index contributed by atoms with van der Waals surface area (Å²) < 4.78 is 4.70. The van der Waals surface area contributed by atoms with E-state index in [1.807, 2.05) is 0 Å². The fourth-order valence-electron chi connectivity index (χ4n) is 0.750. The first-order valence-electron chi connectivity index (χ1n) is 3.18. The van der Waals surface area contributed by atoms with Crippen LogP contribution >= 0.6 is 0 Å².